The Morgan fingerprint density at radius 3 is 2.33 bits per heavy atom. The van der Waals surface area contributed by atoms with E-state index in [2.05, 4.69) is 0 Å². The van der Waals surface area contributed by atoms with E-state index in [1.807, 2.05) is 4.90 Å². The van der Waals surface area contributed by atoms with Crippen molar-refractivity contribution in [3.63, 3.8) is 0 Å². The molecule has 1 aromatic rings. The highest BCUT2D eigenvalue weighted by Crippen LogP contribution is 2.29. The molecule has 0 spiro atoms. The van der Waals surface area contributed by atoms with Gasteiger partial charge in [-0.15, -0.1) is 0 Å². The van der Waals surface area contributed by atoms with E-state index in [0.29, 0.717) is 37.7 Å². The lowest BCUT2D eigenvalue weighted by Gasteiger charge is -2.22. The molecule has 1 aromatic carbocycles. The van der Waals surface area contributed by atoms with Crippen LogP contribution in [0.4, 0.5) is 13.2 Å². The average Bonchev–Trinajstić information content (AvgIpc) is 2.41. The highest BCUT2D eigenvalue weighted by Gasteiger charge is 2.29. The van der Waals surface area contributed by atoms with Gasteiger partial charge in [0.25, 0.3) is 0 Å². The van der Waals surface area contributed by atoms with Gasteiger partial charge in [-0.25, -0.2) is 0 Å². The molecule has 0 fully saturated rings. The molecule has 0 aliphatic rings. The van der Waals surface area contributed by atoms with Crippen molar-refractivity contribution in [2.75, 3.05) is 26.8 Å². The van der Waals surface area contributed by atoms with Crippen molar-refractivity contribution in [3.8, 4) is 0 Å². The Balaban J connectivity index is 2.66. The molecule has 3 nitrogen and oxygen atoms in total. The zero-order chi connectivity index (χ0) is 15.9. The molecule has 0 bridgehead atoms. The molecule has 0 atom stereocenters. The third-order valence-corrected chi connectivity index (χ3v) is 3.18. The van der Waals surface area contributed by atoms with Crippen LogP contribution in [-0.4, -0.2) is 36.7 Å². The van der Waals surface area contributed by atoms with Crippen LogP contribution < -0.4 is 5.73 Å². The Kier molecular flexibility index (Phi) is 7.07. The highest BCUT2D eigenvalue weighted by molar-refractivity contribution is 7.80. The molecule has 1 rings (SSSR count). The summed E-state index contributed by atoms with van der Waals surface area (Å²) in [6.07, 6.45) is -3.74. The zero-order valence-corrected chi connectivity index (χ0v) is 12.6. The quantitative estimate of drug-likeness (QED) is 0.748. The molecule has 0 aliphatic heterocycles. The summed E-state index contributed by atoms with van der Waals surface area (Å²) in [5.74, 6) is 0. The summed E-state index contributed by atoms with van der Waals surface area (Å²) in [6.45, 7) is 2.39. The van der Waals surface area contributed by atoms with Gasteiger partial charge in [0.2, 0.25) is 0 Å². The van der Waals surface area contributed by atoms with E-state index < -0.39 is 11.7 Å². The Labute approximate surface area is 127 Å². The van der Waals surface area contributed by atoms with E-state index in [9.17, 15) is 13.2 Å². The highest BCUT2D eigenvalue weighted by atomic mass is 32.1. The Bertz CT molecular complexity index is 449. The van der Waals surface area contributed by atoms with Crippen LogP contribution in [0.25, 0.3) is 0 Å². The van der Waals surface area contributed by atoms with Gasteiger partial charge < -0.3 is 10.5 Å². The molecule has 2 N–H and O–H groups in total. The third kappa shape index (κ3) is 6.88. The first-order chi connectivity index (χ1) is 9.82. The normalized spacial score (nSPS) is 11.9. The van der Waals surface area contributed by atoms with Crippen molar-refractivity contribution in [2.45, 2.75) is 19.1 Å². The van der Waals surface area contributed by atoms with Crippen molar-refractivity contribution in [2.24, 2.45) is 5.73 Å². The maximum Gasteiger partial charge on any atom is 0.416 e. The third-order valence-electron chi connectivity index (χ3n) is 2.97. The number of benzene rings is 1. The minimum absolute atomic E-state index is 0.421. The van der Waals surface area contributed by atoms with E-state index >= 15 is 0 Å². The average molecular weight is 320 g/mol. The van der Waals surface area contributed by atoms with E-state index in [0.717, 1.165) is 17.7 Å². The number of thiocarbonyl (C=S) groups is 1. The van der Waals surface area contributed by atoms with Crippen molar-refractivity contribution in [3.05, 3.63) is 35.4 Å². The minimum atomic E-state index is -4.31. The molecule has 0 saturated carbocycles. The number of rotatable bonds is 8. The van der Waals surface area contributed by atoms with Gasteiger partial charge >= 0.3 is 6.18 Å². The number of nitrogens with zero attached hydrogens (tertiary/aromatic N) is 1. The molecule has 21 heavy (non-hydrogen) atoms. The lowest BCUT2D eigenvalue weighted by molar-refractivity contribution is -0.137. The van der Waals surface area contributed by atoms with Crippen LogP contribution in [0.5, 0.6) is 0 Å². The van der Waals surface area contributed by atoms with Gasteiger partial charge in [-0.3, -0.25) is 4.90 Å². The van der Waals surface area contributed by atoms with E-state index in [-0.39, 0.29) is 0 Å². The number of halogens is 3. The molecule has 0 radical (unpaired) electrons. The van der Waals surface area contributed by atoms with Gasteiger partial charge in [0, 0.05) is 33.2 Å². The first kappa shape index (κ1) is 17.9. The lowest BCUT2D eigenvalue weighted by atomic mass is 10.1. The largest absolute Gasteiger partial charge is 0.416 e. The van der Waals surface area contributed by atoms with Crippen LogP contribution in [0.1, 0.15) is 17.5 Å². The van der Waals surface area contributed by atoms with Crippen molar-refractivity contribution in [1.29, 1.82) is 0 Å². The van der Waals surface area contributed by atoms with Crippen LogP contribution >= 0.6 is 12.2 Å². The van der Waals surface area contributed by atoms with Gasteiger partial charge in [0.1, 0.15) is 0 Å². The van der Waals surface area contributed by atoms with Gasteiger partial charge in [0.05, 0.1) is 17.2 Å². The first-order valence-electron chi connectivity index (χ1n) is 6.48. The molecule has 118 valence electrons. The van der Waals surface area contributed by atoms with Gasteiger partial charge in [-0.2, -0.15) is 13.2 Å². The molecule has 0 saturated heterocycles. The summed E-state index contributed by atoms with van der Waals surface area (Å²) in [6, 6.07) is 5.17. The summed E-state index contributed by atoms with van der Waals surface area (Å²) < 4.78 is 42.5. The fourth-order valence-electron chi connectivity index (χ4n) is 1.82. The molecule has 7 heteroatoms. The Morgan fingerprint density at radius 2 is 1.86 bits per heavy atom. The summed E-state index contributed by atoms with van der Waals surface area (Å²) >= 11 is 4.84. The number of ether oxygens (including phenoxy) is 1. The number of hydrogen-bond donors (Lipinski definition) is 1. The fraction of sp³-hybridized carbons (Fsp3) is 0.500. The maximum atomic E-state index is 12.5. The predicted molar refractivity (Wildman–Crippen MR) is 80.0 cm³/mol. The van der Waals surface area contributed by atoms with Crippen LogP contribution in [0.15, 0.2) is 24.3 Å². The van der Waals surface area contributed by atoms with E-state index in [1.165, 1.54) is 12.1 Å². The summed E-state index contributed by atoms with van der Waals surface area (Å²) in [5.41, 5.74) is 5.65. The van der Waals surface area contributed by atoms with Crippen molar-refractivity contribution < 1.29 is 17.9 Å². The molecule has 0 amide bonds. The van der Waals surface area contributed by atoms with E-state index in [1.54, 1.807) is 7.11 Å². The van der Waals surface area contributed by atoms with Crippen LogP contribution in [0.2, 0.25) is 0 Å². The van der Waals surface area contributed by atoms with Gasteiger partial charge in [-0.1, -0.05) is 24.4 Å². The standard InChI is InChI=1S/C14H19F3N2OS/c1-20-9-8-19(7-6-13(18)21)10-11-2-4-12(5-3-11)14(15,16)17/h2-5H,6-10H2,1H3,(H2,18,21). The lowest BCUT2D eigenvalue weighted by Crippen LogP contribution is -2.30. The fourth-order valence-corrected chi connectivity index (χ4v) is 1.91. The van der Waals surface area contributed by atoms with Crippen LogP contribution in [-0.2, 0) is 17.5 Å². The smallest absolute Gasteiger partial charge is 0.393 e. The topological polar surface area (TPSA) is 38.5 Å². The van der Waals surface area contributed by atoms with Crippen molar-refractivity contribution in [1.82, 2.24) is 4.90 Å². The van der Waals surface area contributed by atoms with Crippen LogP contribution in [0.3, 0.4) is 0 Å². The summed E-state index contributed by atoms with van der Waals surface area (Å²) in [4.78, 5) is 2.47. The maximum absolute atomic E-state index is 12.5. The molecular weight excluding hydrogens is 301 g/mol. The molecule has 0 aliphatic carbocycles. The van der Waals surface area contributed by atoms with Gasteiger partial charge in [-0.05, 0) is 17.7 Å². The van der Waals surface area contributed by atoms with E-state index in [4.69, 9.17) is 22.7 Å². The zero-order valence-electron chi connectivity index (χ0n) is 11.8. The second kappa shape index (κ2) is 8.31. The second-order valence-corrected chi connectivity index (χ2v) is 5.20. The number of alkyl halides is 3. The first-order valence-corrected chi connectivity index (χ1v) is 6.89. The number of hydrogen-bond acceptors (Lipinski definition) is 3. The Morgan fingerprint density at radius 1 is 1.24 bits per heavy atom. The summed E-state index contributed by atoms with van der Waals surface area (Å²) in [5, 5.41) is 0. The second-order valence-electron chi connectivity index (χ2n) is 4.68. The molecular formula is C14H19F3N2OS. The molecule has 0 heterocycles. The Hall–Kier alpha value is -1.18. The monoisotopic (exact) mass is 320 g/mol. The number of nitrogens with two attached hydrogens (primary N) is 1. The number of methoxy groups -OCH3 is 1. The SMILES string of the molecule is COCCN(CCC(N)=S)Cc1ccc(C(F)(F)F)cc1. The predicted octanol–water partition coefficient (Wildman–Crippen LogP) is 2.83. The van der Waals surface area contributed by atoms with Crippen LogP contribution in [0, 0.1) is 0 Å². The molecule has 0 unspecified atom stereocenters. The summed E-state index contributed by atoms with van der Waals surface area (Å²) in [7, 11) is 1.60. The minimum Gasteiger partial charge on any atom is -0.393 e. The molecule has 0 aromatic heterocycles. The van der Waals surface area contributed by atoms with Gasteiger partial charge in [0.15, 0.2) is 0 Å². The van der Waals surface area contributed by atoms with Crippen molar-refractivity contribution >= 4 is 17.2 Å².